The van der Waals surface area contributed by atoms with Crippen molar-refractivity contribution in [2.75, 3.05) is 38.2 Å². The molecule has 1 aromatic heterocycles. The minimum atomic E-state index is -2.44. The number of nitrogens with zero attached hydrogens (tertiary/aromatic N) is 2. The molecule has 0 saturated carbocycles. The van der Waals surface area contributed by atoms with Crippen molar-refractivity contribution < 1.29 is 13.7 Å². The van der Waals surface area contributed by atoms with Crippen molar-refractivity contribution in [3.05, 3.63) is 36.0 Å². The van der Waals surface area contributed by atoms with Gasteiger partial charge in [-0.1, -0.05) is 0 Å². The first-order valence-corrected chi connectivity index (χ1v) is 9.31. The Hall–Kier alpha value is -1.99. The highest BCUT2D eigenvalue weighted by Gasteiger charge is 2.22. The maximum absolute atomic E-state index is 12.6. The largest absolute Gasteiger partial charge is 0.497 e. The predicted octanol–water partition coefficient (Wildman–Crippen LogP) is 1.79. The minimum absolute atomic E-state index is 0.0148. The number of carbonyl (C=O) groups is 1. The number of aromatic nitrogens is 1. The number of carbonyl (C=O) groups excluding carboxylic acids is 1. The molecule has 0 unspecified atom stereocenters. The SMILES string of the molecule is COc1ccc2c(C(=O)CN3CCS(=N)(=O)CC3)ccnc2c1. The second-order valence-corrected chi connectivity index (χ2v) is 8.10. The van der Waals surface area contributed by atoms with E-state index in [1.54, 1.807) is 19.4 Å². The Balaban J connectivity index is 1.81. The maximum atomic E-state index is 12.6. The molecule has 1 saturated heterocycles. The molecule has 1 fully saturated rings. The molecule has 3 rings (SSSR count). The third kappa shape index (κ3) is 3.51. The fourth-order valence-corrected chi connectivity index (χ4v) is 4.02. The summed E-state index contributed by atoms with van der Waals surface area (Å²) in [5.74, 6) is 1.40. The summed E-state index contributed by atoms with van der Waals surface area (Å²) in [6, 6.07) is 7.20. The Morgan fingerprint density at radius 3 is 2.78 bits per heavy atom. The number of fused-ring (bicyclic) bond motifs is 1. The molecule has 2 aromatic rings. The Morgan fingerprint density at radius 1 is 1.35 bits per heavy atom. The Bertz CT molecular complexity index is 835. The summed E-state index contributed by atoms with van der Waals surface area (Å²) >= 11 is 0. The molecule has 122 valence electrons. The zero-order valence-electron chi connectivity index (χ0n) is 12.9. The summed E-state index contributed by atoms with van der Waals surface area (Å²) in [5.41, 5.74) is 1.36. The highest BCUT2D eigenvalue weighted by molar-refractivity contribution is 7.92. The molecule has 0 radical (unpaired) electrons. The Labute approximate surface area is 135 Å². The van der Waals surface area contributed by atoms with Gasteiger partial charge in [0, 0.05) is 57.5 Å². The summed E-state index contributed by atoms with van der Waals surface area (Å²) < 4.78 is 24.5. The van der Waals surface area contributed by atoms with Crippen molar-refractivity contribution in [1.29, 1.82) is 4.78 Å². The van der Waals surface area contributed by atoms with E-state index in [0.717, 1.165) is 10.9 Å². The molecular formula is C16H19N3O3S. The molecule has 7 heteroatoms. The third-order valence-electron chi connectivity index (χ3n) is 4.09. The number of benzene rings is 1. The highest BCUT2D eigenvalue weighted by atomic mass is 32.2. The molecule has 0 spiro atoms. The van der Waals surface area contributed by atoms with Crippen LogP contribution < -0.4 is 4.74 Å². The van der Waals surface area contributed by atoms with Crippen molar-refractivity contribution in [3.63, 3.8) is 0 Å². The smallest absolute Gasteiger partial charge is 0.177 e. The molecule has 1 aliphatic rings. The van der Waals surface area contributed by atoms with Gasteiger partial charge in [-0.2, -0.15) is 0 Å². The van der Waals surface area contributed by atoms with Crippen molar-refractivity contribution >= 4 is 26.4 Å². The molecule has 2 heterocycles. The van der Waals surface area contributed by atoms with Crippen LogP contribution in [0.1, 0.15) is 10.4 Å². The predicted molar refractivity (Wildman–Crippen MR) is 89.7 cm³/mol. The van der Waals surface area contributed by atoms with E-state index < -0.39 is 9.73 Å². The van der Waals surface area contributed by atoms with E-state index in [2.05, 4.69) is 4.98 Å². The lowest BCUT2D eigenvalue weighted by molar-refractivity contribution is 0.0938. The fraction of sp³-hybridized carbons (Fsp3) is 0.375. The number of ether oxygens (including phenoxy) is 1. The molecule has 0 amide bonds. The number of rotatable bonds is 4. The van der Waals surface area contributed by atoms with Gasteiger partial charge >= 0.3 is 0 Å². The van der Waals surface area contributed by atoms with E-state index in [9.17, 15) is 9.00 Å². The minimum Gasteiger partial charge on any atom is -0.497 e. The van der Waals surface area contributed by atoms with Gasteiger partial charge in [-0.25, -0.2) is 4.21 Å². The zero-order chi connectivity index (χ0) is 16.4. The van der Waals surface area contributed by atoms with Crippen LogP contribution in [0, 0.1) is 4.78 Å². The summed E-state index contributed by atoms with van der Waals surface area (Å²) in [6.07, 6.45) is 1.63. The lowest BCUT2D eigenvalue weighted by atomic mass is 10.0. The van der Waals surface area contributed by atoms with E-state index in [0.29, 0.717) is 35.9 Å². The summed E-state index contributed by atoms with van der Waals surface area (Å²) in [4.78, 5) is 18.9. The van der Waals surface area contributed by atoms with E-state index in [1.165, 1.54) is 0 Å². The monoisotopic (exact) mass is 333 g/mol. The molecule has 1 aromatic carbocycles. The Morgan fingerprint density at radius 2 is 2.09 bits per heavy atom. The van der Waals surface area contributed by atoms with Crippen molar-refractivity contribution in [2.45, 2.75) is 0 Å². The number of hydrogen-bond donors (Lipinski definition) is 1. The third-order valence-corrected chi connectivity index (χ3v) is 5.78. The second kappa shape index (κ2) is 6.25. The van der Waals surface area contributed by atoms with Crippen molar-refractivity contribution in [1.82, 2.24) is 9.88 Å². The summed E-state index contributed by atoms with van der Waals surface area (Å²) in [5, 5.41) is 0.805. The Kier molecular flexibility index (Phi) is 4.32. The highest BCUT2D eigenvalue weighted by Crippen LogP contribution is 2.22. The average Bonchev–Trinajstić information content (AvgIpc) is 2.55. The van der Waals surface area contributed by atoms with Gasteiger partial charge in [0.1, 0.15) is 5.75 Å². The molecule has 0 atom stereocenters. The van der Waals surface area contributed by atoms with Crippen LogP contribution in [0.4, 0.5) is 0 Å². The number of hydrogen-bond acceptors (Lipinski definition) is 6. The standard InChI is InChI=1S/C16H19N3O3S/c1-22-12-2-3-13-14(4-5-18-15(13)10-12)16(20)11-19-6-8-23(17,21)9-7-19/h2-5,10,17H,6-9,11H2,1H3. The van der Waals surface area contributed by atoms with Gasteiger partial charge in [-0.3, -0.25) is 19.5 Å². The number of nitrogens with one attached hydrogen (secondary N) is 1. The van der Waals surface area contributed by atoms with Crippen LogP contribution in [0.25, 0.3) is 10.9 Å². The first-order valence-electron chi connectivity index (χ1n) is 7.41. The van der Waals surface area contributed by atoms with Crippen LogP contribution in [0.15, 0.2) is 30.5 Å². The first kappa shape index (κ1) is 15.9. The lowest BCUT2D eigenvalue weighted by Crippen LogP contribution is -2.42. The van der Waals surface area contributed by atoms with Gasteiger partial charge in [0.05, 0.1) is 19.2 Å². The fourth-order valence-electron chi connectivity index (χ4n) is 2.71. The molecule has 1 aliphatic heterocycles. The van der Waals surface area contributed by atoms with Crippen LogP contribution in [0.3, 0.4) is 0 Å². The average molecular weight is 333 g/mol. The van der Waals surface area contributed by atoms with Crippen LogP contribution in [-0.4, -0.2) is 58.1 Å². The molecule has 1 N–H and O–H groups in total. The topological polar surface area (TPSA) is 83.4 Å². The first-order chi connectivity index (χ1) is 11.0. The number of pyridine rings is 1. The van der Waals surface area contributed by atoms with Crippen LogP contribution >= 0.6 is 0 Å². The van der Waals surface area contributed by atoms with Gasteiger partial charge < -0.3 is 4.74 Å². The van der Waals surface area contributed by atoms with E-state index >= 15 is 0 Å². The molecule has 23 heavy (non-hydrogen) atoms. The molecule has 0 bridgehead atoms. The second-order valence-electron chi connectivity index (χ2n) is 5.66. The van der Waals surface area contributed by atoms with Crippen LogP contribution in [0.5, 0.6) is 5.75 Å². The van der Waals surface area contributed by atoms with Crippen molar-refractivity contribution in [2.24, 2.45) is 0 Å². The van der Waals surface area contributed by atoms with Gasteiger partial charge in [0.25, 0.3) is 0 Å². The quantitative estimate of drug-likeness (QED) is 0.863. The molecule has 0 aliphatic carbocycles. The van der Waals surface area contributed by atoms with E-state index in [1.807, 2.05) is 23.1 Å². The molecule has 6 nitrogen and oxygen atoms in total. The number of Topliss-reactive ketones (excluding diaryl/α,β-unsaturated/α-hetero) is 1. The normalized spacial score (nSPS) is 18.0. The van der Waals surface area contributed by atoms with Crippen molar-refractivity contribution in [3.8, 4) is 5.75 Å². The maximum Gasteiger partial charge on any atom is 0.177 e. The summed E-state index contributed by atoms with van der Waals surface area (Å²) in [7, 11) is -0.841. The van der Waals surface area contributed by atoms with Crippen LogP contribution in [0.2, 0.25) is 0 Å². The number of ketones is 1. The summed E-state index contributed by atoms with van der Waals surface area (Å²) in [6.45, 7) is 1.34. The zero-order valence-corrected chi connectivity index (χ0v) is 13.8. The van der Waals surface area contributed by atoms with Gasteiger partial charge in [-0.15, -0.1) is 0 Å². The van der Waals surface area contributed by atoms with Gasteiger partial charge in [-0.05, 0) is 18.2 Å². The van der Waals surface area contributed by atoms with Gasteiger partial charge in [0.2, 0.25) is 0 Å². The molecular weight excluding hydrogens is 314 g/mol. The van der Waals surface area contributed by atoms with Gasteiger partial charge in [0.15, 0.2) is 5.78 Å². The van der Waals surface area contributed by atoms with E-state index in [-0.39, 0.29) is 12.3 Å². The van der Waals surface area contributed by atoms with E-state index in [4.69, 9.17) is 9.52 Å². The lowest BCUT2D eigenvalue weighted by Gasteiger charge is -2.27. The number of methoxy groups -OCH3 is 1. The van der Waals surface area contributed by atoms with Crippen LogP contribution in [-0.2, 0) is 9.73 Å².